The standard InChI is InChI=1S/C30H52N2O5/c1-19(8-11-26(35)31-16-6-4-5-7-27(36)32-37)22-9-10-23-28-24(13-15-30(22,23)3)29(2)14-12-21(33)17-20(29)18-25(28)34/h19-25,28,33-34,37H,4-18H2,1-3H3,(H,31,35)(H,32,36)/t19-,20?,21-,22-,23?,24?,25?,28?,29?,30?/m1/s1. The van der Waals surface area contributed by atoms with Gasteiger partial charge in [0.05, 0.1) is 12.2 Å². The smallest absolute Gasteiger partial charge is 0.243 e. The second-order valence-electron chi connectivity index (χ2n) is 13.7. The minimum atomic E-state index is -0.362. The Morgan fingerprint density at radius 2 is 1.62 bits per heavy atom. The molecule has 5 N–H and O–H groups in total. The third-order valence-electron chi connectivity index (χ3n) is 11.8. The van der Waals surface area contributed by atoms with Crippen molar-refractivity contribution in [3.05, 3.63) is 0 Å². The Morgan fingerprint density at radius 3 is 2.38 bits per heavy atom. The molecular formula is C30H52N2O5. The summed E-state index contributed by atoms with van der Waals surface area (Å²) < 4.78 is 0. The van der Waals surface area contributed by atoms with E-state index >= 15 is 0 Å². The first-order valence-corrected chi connectivity index (χ1v) is 15.2. The molecule has 0 aromatic rings. The highest BCUT2D eigenvalue weighted by molar-refractivity contribution is 5.75. The second-order valence-corrected chi connectivity index (χ2v) is 13.7. The molecule has 4 aliphatic rings. The summed E-state index contributed by atoms with van der Waals surface area (Å²) in [7, 11) is 0. The molecule has 0 spiro atoms. The van der Waals surface area contributed by atoms with Crippen LogP contribution in [0.4, 0.5) is 0 Å². The Labute approximate surface area is 223 Å². The maximum atomic E-state index is 12.5. The van der Waals surface area contributed by atoms with Crippen molar-refractivity contribution in [3.8, 4) is 0 Å². The minimum absolute atomic E-state index is 0.115. The van der Waals surface area contributed by atoms with Crippen LogP contribution in [-0.2, 0) is 9.59 Å². The molecule has 0 heterocycles. The molecule has 0 radical (unpaired) electrons. The number of unbranched alkanes of at least 4 members (excludes halogenated alkanes) is 2. The molecular weight excluding hydrogens is 468 g/mol. The Bertz CT molecular complexity index is 807. The maximum absolute atomic E-state index is 12.5. The molecule has 212 valence electrons. The van der Waals surface area contributed by atoms with Crippen LogP contribution in [0.25, 0.3) is 0 Å². The Kier molecular flexibility index (Phi) is 9.28. The van der Waals surface area contributed by atoms with Gasteiger partial charge in [-0.2, -0.15) is 0 Å². The van der Waals surface area contributed by atoms with Crippen molar-refractivity contribution in [2.75, 3.05) is 6.54 Å². The van der Waals surface area contributed by atoms with Crippen LogP contribution in [0, 0.1) is 46.3 Å². The fraction of sp³-hybridized carbons (Fsp3) is 0.933. The summed E-state index contributed by atoms with van der Waals surface area (Å²) in [4.78, 5) is 23.5. The Balaban J connectivity index is 1.27. The first-order chi connectivity index (χ1) is 17.6. The normalized spacial score (nSPS) is 41.7. The van der Waals surface area contributed by atoms with E-state index < -0.39 is 0 Å². The largest absolute Gasteiger partial charge is 0.393 e. The van der Waals surface area contributed by atoms with Gasteiger partial charge in [-0.1, -0.05) is 27.2 Å². The number of hydrogen-bond donors (Lipinski definition) is 5. The van der Waals surface area contributed by atoms with E-state index in [2.05, 4.69) is 26.1 Å². The van der Waals surface area contributed by atoms with Gasteiger partial charge >= 0.3 is 0 Å². The molecule has 4 fully saturated rings. The molecule has 0 saturated heterocycles. The van der Waals surface area contributed by atoms with Crippen LogP contribution >= 0.6 is 0 Å². The number of amides is 2. The average molecular weight is 521 g/mol. The number of hydroxylamine groups is 1. The van der Waals surface area contributed by atoms with Gasteiger partial charge in [-0.15, -0.1) is 0 Å². The molecule has 0 bridgehead atoms. The third-order valence-corrected chi connectivity index (χ3v) is 11.8. The summed E-state index contributed by atoms with van der Waals surface area (Å²) in [5, 5.41) is 33.3. The summed E-state index contributed by atoms with van der Waals surface area (Å²) in [6.45, 7) is 7.93. The highest BCUT2D eigenvalue weighted by atomic mass is 16.5. The number of carbonyl (C=O) groups is 2. The molecule has 4 saturated carbocycles. The van der Waals surface area contributed by atoms with Gasteiger partial charge in [0, 0.05) is 19.4 Å². The van der Waals surface area contributed by atoms with Crippen LogP contribution in [0.5, 0.6) is 0 Å². The Hall–Kier alpha value is -1.18. The molecule has 4 rings (SSSR count). The first-order valence-electron chi connectivity index (χ1n) is 15.2. The van der Waals surface area contributed by atoms with Gasteiger partial charge in [0.15, 0.2) is 0 Å². The zero-order valence-corrected chi connectivity index (χ0v) is 23.4. The first kappa shape index (κ1) is 28.8. The molecule has 2 amide bonds. The molecule has 7 heteroatoms. The Morgan fingerprint density at radius 1 is 0.892 bits per heavy atom. The number of carbonyl (C=O) groups excluding carboxylic acids is 2. The molecule has 0 aromatic carbocycles. The summed E-state index contributed by atoms with van der Waals surface area (Å²) in [6.07, 6.45) is 12.3. The lowest BCUT2D eigenvalue weighted by Gasteiger charge is -2.62. The highest BCUT2D eigenvalue weighted by Crippen LogP contribution is 2.68. The predicted octanol–water partition coefficient (Wildman–Crippen LogP) is 4.58. The van der Waals surface area contributed by atoms with E-state index in [1.807, 2.05) is 0 Å². The van der Waals surface area contributed by atoms with Crippen LogP contribution in [0.2, 0.25) is 0 Å². The van der Waals surface area contributed by atoms with E-state index in [-0.39, 0.29) is 34.9 Å². The van der Waals surface area contributed by atoms with Gasteiger partial charge in [0.25, 0.3) is 0 Å². The summed E-state index contributed by atoms with van der Waals surface area (Å²) in [5.74, 6) is 2.83. The number of aliphatic hydroxyl groups excluding tert-OH is 2. The molecule has 37 heavy (non-hydrogen) atoms. The molecule has 0 aliphatic heterocycles. The fourth-order valence-electron chi connectivity index (χ4n) is 9.69. The maximum Gasteiger partial charge on any atom is 0.243 e. The SMILES string of the molecule is C[C@H](CCC(=O)NCCCCCC(=O)NO)[C@H]1CCC2C3C(O)CC4C[C@H](O)CCC4(C)C3CCC21C. The van der Waals surface area contributed by atoms with Gasteiger partial charge in [-0.05, 0) is 117 Å². The lowest BCUT2D eigenvalue weighted by molar-refractivity contribution is -0.174. The van der Waals surface area contributed by atoms with Gasteiger partial charge in [0.2, 0.25) is 11.8 Å². The van der Waals surface area contributed by atoms with E-state index in [0.717, 1.165) is 44.9 Å². The number of aliphatic hydroxyl groups is 2. The van der Waals surface area contributed by atoms with Crippen molar-refractivity contribution >= 4 is 11.8 Å². The van der Waals surface area contributed by atoms with E-state index in [0.29, 0.717) is 61.3 Å². The number of rotatable bonds is 10. The molecule has 7 unspecified atom stereocenters. The predicted molar refractivity (Wildman–Crippen MR) is 142 cm³/mol. The lowest BCUT2D eigenvalue weighted by Crippen LogP contribution is -2.58. The van der Waals surface area contributed by atoms with Crippen LogP contribution in [0.3, 0.4) is 0 Å². The molecule has 10 atom stereocenters. The fourth-order valence-corrected chi connectivity index (χ4v) is 9.69. The number of nitrogens with one attached hydrogen (secondary N) is 2. The second kappa shape index (κ2) is 11.9. The summed E-state index contributed by atoms with van der Waals surface area (Å²) in [5.41, 5.74) is 2.15. The van der Waals surface area contributed by atoms with Crippen molar-refractivity contribution in [2.45, 2.75) is 123 Å². The van der Waals surface area contributed by atoms with E-state index in [4.69, 9.17) is 5.21 Å². The van der Waals surface area contributed by atoms with Crippen molar-refractivity contribution in [1.29, 1.82) is 0 Å². The van der Waals surface area contributed by atoms with Crippen LogP contribution in [0.15, 0.2) is 0 Å². The number of hydrogen-bond acceptors (Lipinski definition) is 5. The lowest BCUT2D eigenvalue weighted by atomic mass is 9.43. The molecule has 0 aromatic heterocycles. The van der Waals surface area contributed by atoms with Crippen molar-refractivity contribution in [1.82, 2.24) is 10.8 Å². The quantitative estimate of drug-likeness (QED) is 0.164. The zero-order chi connectivity index (χ0) is 26.8. The van der Waals surface area contributed by atoms with E-state index in [9.17, 15) is 19.8 Å². The topological polar surface area (TPSA) is 119 Å². The summed E-state index contributed by atoms with van der Waals surface area (Å²) in [6, 6.07) is 0. The van der Waals surface area contributed by atoms with Crippen LogP contribution in [0.1, 0.15) is 111 Å². The van der Waals surface area contributed by atoms with Gasteiger partial charge in [-0.25, -0.2) is 5.48 Å². The van der Waals surface area contributed by atoms with Gasteiger partial charge < -0.3 is 15.5 Å². The van der Waals surface area contributed by atoms with E-state index in [1.165, 1.54) is 25.7 Å². The number of fused-ring (bicyclic) bond motifs is 5. The molecule has 4 aliphatic carbocycles. The minimum Gasteiger partial charge on any atom is -0.393 e. The van der Waals surface area contributed by atoms with Gasteiger partial charge in [-0.3, -0.25) is 14.8 Å². The van der Waals surface area contributed by atoms with Crippen molar-refractivity contribution < 1.29 is 25.0 Å². The summed E-state index contributed by atoms with van der Waals surface area (Å²) >= 11 is 0. The van der Waals surface area contributed by atoms with E-state index in [1.54, 1.807) is 5.48 Å². The average Bonchev–Trinajstić information content (AvgIpc) is 3.22. The molecule has 7 nitrogen and oxygen atoms in total. The van der Waals surface area contributed by atoms with Gasteiger partial charge in [0.1, 0.15) is 0 Å². The third kappa shape index (κ3) is 5.89. The van der Waals surface area contributed by atoms with Crippen molar-refractivity contribution in [2.24, 2.45) is 46.3 Å². The van der Waals surface area contributed by atoms with Crippen LogP contribution < -0.4 is 10.8 Å². The highest BCUT2D eigenvalue weighted by Gasteiger charge is 2.62. The zero-order valence-electron chi connectivity index (χ0n) is 23.4. The monoisotopic (exact) mass is 520 g/mol. The van der Waals surface area contributed by atoms with Crippen molar-refractivity contribution in [3.63, 3.8) is 0 Å². The van der Waals surface area contributed by atoms with Crippen LogP contribution in [-0.4, -0.2) is 46.0 Å².